The number of nitrogens with zero attached hydrogens (tertiary/aromatic N) is 2. The number of hydrogen-bond acceptors (Lipinski definition) is 6. The van der Waals surface area contributed by atoms with E-state index in [1.165, 1.54) is 30.1 Å². The van der Waals surface area contributed by atoms with Gasteiger partial charge in [0.2, 0.25) is 5.91 Å². The maximum atomic E-state index is 14.9. The van der Waals surface area contributed by atoms with Gasteiger partial charge in [0.15, 0.2) is 0 Å². The van der Waals surface area contributed by atoms with E-state index in [1.807, 2.05) is 30.3 Å². The molecule has 1 fully saturated rings. The highest BCUT2D eigenvalue weighted by molar-refractivity contribution is 7.21. The van der Waals surface area contributed by atoms with Crippen molar-refractivity contribution in [3.63, 3.8) is 0 Å². The zero-order chi connectivity index (χ0) is 23.7. The van der Waals surface area contributed by atoms with Crippen molar-refractivity contribution in [1.29, 1.82) is 0 Å². The zero-order valence-electron chi connectivity index (χ0n) is 18.5. The Morgan fingerprint density at radius 2 is 1.85 bits per heavy atom. The second-order valence-electron chi connectivity index (χ2n) is 8.31. The standard InChI is InChI=1S/C26H22FN3O3S/c1-33-23(32)12-11-22(31)28-17-7-8-18(19(27)15-17)24-29-20-9-10-21(30-25(20)34-24)26(13-14-26)16-5-3-2-4-6-16/h2-10,15H,11-14H2,1H3,(H,28,31). The van der Waals surface area contributed by atoms with Gasteiger partial charge in [-0.3, -0.25) is 9.59 Å². The summed E-state index contributed by atoms with van der Waals surface area (Å²) in [5.41, 5.74) is 3.64. The Kier molecular flexibility index (Phi) is 5.83. The fourth-order valence-corrected chi connectivity index (χ4v) is 5.05. The molecule has 8 heteroatoms. The van der Waals surface area contributed by atoms with Gasteiger partial charge in [-0.15, -0.1) is 0 Å². The predicted octanol–water partition coefficient (Wildman–Crippen LogP) is 5.47. The lowest BCUT2D eigenvalue weighted by atomic mass is 9.92. The van der Waals surface area contributed by atoms with E-state index >= 15 is 0 Å². The molecule has 2 heterocycles. The van der Waals surface area contributed by atoms with Gasteiger partial charge in [-0.1, -0.05) is 41.7 Å². The third-order valence-electron chi connectivity index (χ3n) is 6.09. The number of halogens is 1. The van der Waals surface area contributed by atoms with Crippen molar-refractivity contribution >= 4 is 39.2 Å². The maximum absolute atomic E-state index is 14.9. The Morgan fingerprint density at radius 3 is 2.56 bits per heavy atom. The number of hydrogen-bond donors (Lipinski definition) is 1. The number of ether oxygens (including phenoxy) is 1. The van der Waals surface area contributed by atoms with Crippen molar-refractivity contribution < 1.29 is 18.7 Å². The SMILES string of the molecule is COC(=O)CCC(=O)Nc1ccc(-c2nc3ccc(C4(c5ccccc5)CC4)nc3s2)c(F)c1. The Hall–Kier alpha value is -3.65. The first-order valence-corrected chi connectivity index (χ1v) is 11.8. The van der Waals surface area contributed by atoms with Gasteiger partial charge in [0.05, 0.1) is 19.2 Å². The number of carbonyl (C=O) groups excluding carboxylic acids is 2. The molecule has 1 saturated carbocycles. The molecule has 0 spiro atoms. The molecular formula is C26H22FN3O3S. The van der Waals surface area contributed by atoms with E-state index in [9.17, 15) is 14.0 Å². The molecule has 4 aromatic rings. The van der Waals surface area contributed by atoms with Crippen LogP contribution in [-0.2, 0) is 19.7 Å². The Bertz CT molecular complexity index is 1380. The monoisotopic (exact) mass is 475 g/mol. The van der Waals surface area contributed by atoms with Crippen LogP contribution in [0.1, 0.15) is 36.9 Å². The lowest BCUT2D eigenvalue weighted by molar-refractivity contribution is -0.141. The van der Waals surface area contributed by atoms with Crippen molar-refractivity contribution in [3.05, 3.63) is 77.7 Å². The molecule has 0 bridgehead atoms. The van der Waals surface area contributed by atoms with Crippen LogP contribution in [0.25, 0.3) is 20.9 Å². The van der Waals surface area contributed by atoms with Crippen molar-refractivity contribution in [2.75, 3.05) is 12.4 Å². The summed E-state index contributed by atoms with van der Waals surface area (Å²) in [6, 6.07) is 18.8. The predicted molar refractivity (Wildman–Crippen MR) is 129 cm³/mol. The van der Waals surface area contributed by atoms with Crippen LogP contribution in [0.5, 0.6) is 0 Å². The molecule has 1 N–H and O–H groups in total. The maximum Gasteiger partial charge on any atom is 0.306 e. The molecule has 2 aromatic carbocycles. The Labute approximate surface area is 199 Å². The number of pyridine rings is 1. The van der Waals surface area contributed by atoms with Crippen LogP contribution >= 0.6 is 11.3 Å². The average molecular weight is 476 g/mol. The fraction of sp³-hybridized carbons (Fsp3) is 0.231. The van der Waals surface area contributed by atoms with Gasteiger partial charge in [-0.05, 0) is 48.7 Å². The number of rotatable bonds is 7. The van der Waals surface area contributed by atoms with Gasteiger partial charge in [-0.2, -0.15) is 0 Å². The Balaban J connectivity index is 1.36. The van der Waals surface area contributed by atoms with E-state index in [4.69, 9.17) is 4.98 Å². The van der Waals surface area contributed by atoms with Gasteiger partial charge in [-0.25, -0.2) is 14.4 Å². The van der Waals surface area contributed by atoms with Crippen LogP contribution in [0, 0.1) is 5.82 Å². The second-order valence-corrected chi connectivity index (χ2v) is 9.28. The summed E-state index contributed by atoms with van der Waals surface area (Å²) in [6.45, 7) is 0. The molecule has 0 aliphatic heterocycles. The summed E-state index contributed by atoms with van der Waals surface area (Å²) < 4.78 is 19.4. The topological polar surface area (TPSA) is 81.2 Å². The number of aromatic nitrogens is 2. The molecule has 172 valence electrons. The number of fused-ring (bicyclic) bond motifs is 1. The summed E-state index contributed by atoms with van der Waals surface area (Å²) >= 11 is 1.35. The smallest absolute Gasteiger partial charge is 0.306 e. The summed E-state index contributed by atoms with van der Waals surface area (Å²) in [6.07, 6.45) is 2.05. The molecule has 1 aliphatic rings. The number of methoxy groups -OCH3 is 1. The van der Waals surface area contributed by atoms with Crippen LogP contribution in [0.15, 0.2) is 60.7 Å². The number of anilines is 1. The number of thiazole rings is 1. The third-order valence-corrected chi connectivity index (χ3v) is 7.09. The van der Waals surface area contributed by atoms with Crippen LogP contribution < -0.4 is 5.32 Å². The van der Waals surface area contributed by atoms with E-state index in [-0.39, 0.29) is 24.2 Å². The van der Waals surface area contributed by atoms with E-state index < -0.39 is 11.8 Å². The molecule has 5 rings (SSSR count). The summed E-state index contributed by atoms with van der Waals surface area (Å²) in [7, 11) is 1.26. The molecule has 1 aliphatic carbocycles. The third kappa shape index (κ3) is 4.28. The average Bonchev–Trinajstić information content (AvgIpc) is 3.56. The number of nitrogens with one attached hydrogen (secondary N) is 1. The van der Waals surface area contributed by atoms with Crippen LogP contribution in [0.2, 0.25) is 0 Å². The molecule has 2 aromatic heterocycles. The lowest BCUT2D eigenvalue weighted by Crippen LogP contribution is -2.14. The van der Waals surface area contributed by atoms with Crippen LogP contribution in [0.4, 0.5) is 10.1 Å². The minimum Gasteiger partial charge on any atom is -0.469 e. The minimum atomic E-state index is -0.493. The molecule has 34 heavy (non-hydrogen) atoms. The van der Waals surface area contributed by atoms with Crippen molar-refractivity contribution in [2.24, 2.45) is 0 Å². The summed E-state index contributed by atoms with van der Waals surface area (Å²) in [4.78, 5) is 33.4. The zero-order valence-corrected chi connectivity index (χ0v) is 19.3. The molecule has 1 amide bonds. The largest absolute Gasteiger partial charge is 0.469 e. The molecule has 0 radical (unpaired) electrons. The number of carbonyl (C=O) groups is 2. The van der Waals surface area contributed by atoms with Crippen molar-refractivity contribution in [2.45, 2.75) is 31.1 Å². The van der Waals surface area contributed by atoms with Gasteiger partial charge in [0.25, 0.3) is 0 Å². The molecule has 0 saturated heterocycles. The molecule has 0 atom stereocenters. The van der Waals surface area contributed by atoms with E-state index in [1.54, 1.807) is 12.1 Å². The van der Waals surface area contributed by atoms with E-state index in [2.05, 4.69) is 27.2 Å². The first-order valence-electron chi connectivity index (χ1n) is 11.0. The van der Waals surface area contributed by atoms with E-state index in [0.717, 1.165) is 28.9 Å². The normalized spacial score (nSPS) is 14.1. The Morgan fingerprint density at radius 1 is 1.06 bits per heavy atom. The van der Waals surface area contributed by atoms with Crippen molar-refractivity contribution in [3.8, 4) is 10.6 Å². The van der Waals surface area contributed by atoms with Gasteiger partial charge < -0.3 is 10.1 Å². The lowest BCUT2D eigenvalue weighted by Gasteiger charge is -2.14. The minimum absolute atomic E-state index is 0.0326. The molecular weight excluding hydrogens is 453 g/mol. The highest BCUT2D eigenvalue weighted by Gasteiger charge is 2.47. The molecule has 0 unspecified atom stereocenters. The van der Waals surface area contributed by atoms with Crippen molar-refractivity contribution in [1.82, 2.24) is 9.97 Å². The highest BCUT2D eigenvalue weighted by Crippen LogP contribution is 2.53. The second kappa shape index (κ2) is 8.95. The van der Waals surface area contributed by atoms with Gasteiger partial charge in [0, 0.05) is 23.1 Å². The number of benzene rings is 2. The number of amides is 1. The van der Waals surface area contributed by atoms with Crippen LogP contribution in [0.3, 0.4) is 0 Å². The highest BCUT2D eigenvalue weighted by atomic mass is 32.1. The number of esters is 1. The van der Waals surface area contributed by atoms with Gasteiger partial charge in [0.1, 0.15) is 21.2 Å². The first kappa shape index (κ1) is 22.2. The summed E-state index contributed by atoms with van der Waals surface area (Å²) in [5.74, 6) is -1.35. The van der Waals surface area contributed by atoms with Gasteiger partial charge >= 0.3 is 5.97 Å². The first-order chi connectivity index (χ1) is 16.5. The summed E-state index contributed by atoms with van der Waals surface area (Å²) in [5, 5.41) is 3.13. The quantitative estimate of drug-likeness (QED) is 0.359. The fourth-order valence-electron chi connectivity index (χ4n) is 4.08. The van der Waals surface area contributed by atoms with Crippen LogP contribution in [-0.4, -0.2) is 29.0 Å². The molecule has 6 nitrogen and oxygen atoms in total. The van der Waals surface area contributed by atoms with E-state index in [0.29, 0.717) is 16.3 Å².